The average molecular weight is 411 g/mol. The second-order valence-electron chi connectivity index (χ2n) is 7.85. The molecule has 0 saturated carbocycles. The summed E-state index contributed by atoms with van der Waals surface area (Å²) in [7, 11) is 3.32. The Morgan fingerprint density at radius 3 is 2.67 bits per heavy atom. The van der Waals surface area contributed by atoms with E-state index in [9.17, 15) is 4.79 Å². The standard InChI is InChI=1S/C24H30N2O4/c1-28-20-8-9-23(29-2)21(16-20)22-7-4-10-26(22)24(27)19-6-3-5-18(15-19)17-25-11-13-30-14-12-25/h3,5-6,8-9,15-16,22H,4,7,10-14,17H2,1-2H3. The summed E-state index contributed by atoms with van der Waals surface area (Å²) < 4.78 is 16.4. The Hall–Kier alpha value is -2.57. The fraction of sp³-hybridized carbons (Fsp3) is 0.458. The third kappa shape index (κ3) is 4.45. The van der Waals surface area contributed by atoms with Gasteiger partial charge in [0.15, 0.2) is 0 Å². The summed E-state index contributed by atoms with van der Waals surface area (Å²) in [6.07, 6.45) is 1.90. The van der Waals surface area contributed by atoms with Crippen LogP contribution >= 0.6 is 0 Å². The summed E-state index contributed by atoms with van der Waals surface area (Å²) in [5.74, 6) is 1.64. The maximum absolute atomic E-state index is 13.4. The van der Waals surface area contributed by atoms with Gasteiger partial charge in [-0.05, 0) is 48.7 Å². The molecule has 2 aromatic carbocycles. The Bertz CT molecular complexity index is 879. The number of hydrogen-bond donors (Lipinski definition) is 0. The second kappa shape index (κ2) is 9.49. The molecule has 1 atom stereocenters. The van der Waals surface area contributed by atoms with Crippen LogP contribution in [0.1, 0.15) is 40.4 Å². The molecule has 1 amide bonds. The molecule has 2 heterocycles. The van der Waals surface area contributed by atoms with E-state index in [2.05, 4.69) is 11.0 Å². The van der Waals surface area contributed by atoms with Crippen LogP contribution in [0, 0.1) is 0 Å². The number of morpholine rings is 1. The number of hydrogen-bond acceptors (Lipinski definition) is 5. The molecule has 30 heavy (non-hydrogen) atoms. The van der Waals surface area contributed by atoms with Gasteiger partial charge in [-0.3, -0.25) is 9.69 Å². The smallest absolute Gasteiger partial charge is 0.254 e. The zero-order valence-corrected chi connectivity index (χ0v) is 17.8. The molecule has 0 N–H and O–H groups in total. The molecule has 2 aliphatic heterocycles. The lowest BCUT2D eigenvalue weighted by Crippen LogP contribution is -2.35. The van der Waals surface area contributed by atoms with Gasteiger partial charge in [-0.1, -0.05) is 12.1 Å². The average Bonchev–Trinajstić information content (AvgIpc) is 3.28. The number of benzene rings is 2. The third-order valence-corrected chi connectivity index (χ3v) is 5.99. The monoisotopic (exact) mass is 410 g/mol. The lowest BCUT2D eigenvalue weighted by molar-refractivity contribution is 0.0341. The number of nitrogens with zero attached hydrogens (tertiary/aromatic N) is 2. The topological polar surface area (TPSA) is 51.2 Å². The van der Waals surface area contributed by atoms with Gasteiger partial charge in [-0.25, -0.2) is 0 Å². The fourth-order valence-electron chi connectivity index (χ4n) is 4.42. The van der Waals surface area contributed by atoms with Crippen LogP contribution < -0.4 is 9.47 Å². The highest BCUT2D eigenvalue weighted by Gasteiger charge is 2.32. The molecular formula is C24H30N2O4. The Morgan fingerprint density at radius 2 is 1.90 bits per heavy atom. The van der Waals surface area contributed by atoms with Crippen LogP contribution in [-0.4, -0.2) is 62.8 Å². The SMILES string of the molecule is COc1ccc(OC)c(C2CCCN2C(=O)c2cccc(CN3CCOCC3)c2)c1. The minimum Gasteiger partial charge on any atom is -0.497 e. The van der Waals surface area contributed by atoms with Gasteiger partial charge in [0.2, 0.25) is 0 Å². The minimum atomic E-state index is -0.00884. The van der Waals surface area contributed by atoms with Crippen molar-refractivity contribution in [3.05, 3.63) is 59.2 Å². The summed E-state index contributed by atoms with van der Waals surface area (Å²) in [4.78, 5) is 17.8. The largest absolute Gasteiger partial charge is 0.497 e. The Kier molecular flexibility index (Phi) is 6.55. The molecule has 0 aliphatic carbocycles. The highest BCUT2D eigenvalue weighted by atomic mass is 16.5. The van der Waals surface area contributed by atoms with E-state index < -0.39 is 0 Å². The molecule has 160 valence electrons. The number of amides is 1. The van der Waals surface area contributed by atoms with E-state index in [0.717, 1.165) is 80.4 Å². The molecule has 0 radical (unpaired) electrons. The summed E-state index contributed by atoms with van der Waals surface area (Å²) >= 11 is 0. The molecule has 4 rings (SSSR count). The van der Waals surface area contributed by atoms with E-state index in [-0.39, 0.29) is 11.9 Å². The van der Waals surface area contributed by atoms with Gasteiger partial charge >= 0.3 is 0 Å². The number of rotatable bonds is 6. The van der Waals surface area contributed by atoms with Gasteiger partial charge in [0.05, 0.1) is 33.5 Å². The Labute approximate surface area is 178 Å². The van der Waals surface area contributed by atoms with Crippen molar-refractivity contribution in [3.8, 4) is 11.5 Å². The van der Waals surface area contributed by atoms with E-state index in [1.54, 1.807) is 14.2 Å². The number of likely N-dealkylation sites (tertiary alicyclic amines) is 1. The van der Waals surface area contributed by atoms with Gasteiger partial charge < -0.3 is 19.1 Å². The number of carbonyl (C=O) groups is 1. The predicted molar refractivity (Wildman–Crippen MR) is 115 cm³/mol. The normalized spacial score (nSPS) is 19.7. The Morgan fingerprint density at radius 1 is 1.07 bits per heavy atom. The zero-order valence-electron chi connectivity index (χ0n) is 17.8. The molecule has 0 spiro atoms. The number of carbonyl (C=O) groups excluding carboxylic acids is 1. The van der Waals surface area contributed by atoms with Gasteiger partial charge in [0.1, 0.15) is 11.5 Å². The first-order valence-electron chi connectivity index (χ1n) is 10.6. The molecule has 1 unspecified atom stereocenters. The first-order valence-corrected chi connectivity index (χ1v) is 10.6. The molecule has 2 aromatic rings. The molecular weight excluding hydrogens is 380 g/mol. The van der Waals surface area contributed by atoms with E-state index in [4.69, 9.17) is 14.2 Å². The van der Waals surface area contributed by atoms with Crippen molar-refractivity contribution in [2.75, 3.05) is 47.1 Å². The first-order chi connectivity index (χ1) is 14.7. The molecule has 2 saturated heterocycles. The van der Waals surface area contributed by atoms with Crippen LogP contribution in [0.2, 0.25) is 0 Å². The highest BCUT2D eigenvalue weighted by Crippen LogP contribution is 2.39. The van der Waals surface area contributed by atoms with Crippen molar-refractivity contribution in [2.24, 2.45) is 0 Å². The lowest BCUT2D eigenvalue weighted by Gasteiger charge is -2.28. The van der Waals surface area contributed by atoms with Gasteiger partial charge in [-0.15, -0.1) is 0 Å². The van der Waals surface area contributed by atoms with Crippen LogP contribution in [0.25, 0.3) is 0 Å². The number of ether oxygens (including phenoxy) is 3. The summed E-state index contributed by atoms with van der Waals surface area (Å²) in [6, 6.07) is 13.8. The molecule has 0 aromatic heterocycles. The summed E-state index contributed by atoms with van der Waals surface area (Å²) in [6.45, 7) is 5.01. The summed E-state index contributed by atoms with van der Waals surface area (Å²) in [5.41, 5.74) is 2.92. The lowest BCUT2D eigenvalue weighted by atomic mass is 10.0. The molecule has 6 heteroatoms. The van der Waals surface area contributed by atoms with Crippen molar-refractivity contribution in [1.29, 1.82) is 0 Å². The van der Waals surface area contributed by atoms with Crippen molar-refractivity contribution in [2.45, 2.75) is 25.4 Å². The van der Waals surface area contributed by atoms with Crippen LogP contribution in [0.3, 0.4) is 0 Å². The van der Waals surface area contributed by atoms with Crippen molar-refractivity contribution in [3.63, 3.8) is 0 Å². The highest BCUT2D eigenvalue weighted by molar-refractivity contribution is 5.95. The van der Waals surface area contributed by atoms with Gasteiger partial charge in [0.25, 0.3) is 5.91 Å². The molecule has 6 nitrogen and oxygen atoms in total. The van der Waals surface area contributed by atoms with E-state index in [1.165, 1.54) is 0 Å². The summed E-state index contributed by atoms with van der Waals surface area (Å²) in [5, 5.41) is 0. The third-order valence-electron chi connectivity index (χ3n) is 5.99. The molecule has 2 aliphatic rings. The van der Waals surface area contributed by atoms with Crippen molar-refractivity contribution >= 4 is 5.91 Å². The van der Waals surface area contributed by atoms with Gasteiger partial charge in [0, 0.05) is 37.3 Å². The fourth-order valence-corrected chi connectivity index (χ4v) is 4.42. The minimum absolute atomic E-state index is 0.00884. The van der Waals surface area contributed by atoms with Crippen molar-refractivity contribution in [1.82, 2.24) is 9.80 Å². The van der Waals surface area contributed by atoms with Crippen LogP contribution in [0.15, 0.2) is 42.5 Å². The van der Waals surface area contributed by atoms with Crippen LogP contribution in [0.5, 0.6) is 11.5 Å². The molecule has 0 bridgehead atoms. The van der Waals surface area contributed by atoms with Gasteiger partial charge in [-0.2, -0.15) is 0 Å². The van der Waals surface area contributed by atoms with Crippen LogP contribution in [-0.2, 0) is 11.3 Å². The van der Waals surface area contributed by atoms with Crippen molar-refractivity contribution < 1.29 is 19.0 Å². The van der Waals surface area contributed by atoms with Crippen LogP contribution in [0.4, 0.5) is 0 Å². The molecule has 2 fully saturated rings. The van der Waals surface area contributed by atoms with E-state index >= 15 is 0 Å². The quantitative estimate of drug-likeness (QED) is 0.729. The maximum atomic E-state index is 13.4. The second-order valence-corrected chi connectivity index (χ2v) is 7.85. The van der Waals surface area contributed by atoms with E-state index in [0.29, 0.717) is 0 Å². The predicted octanol–water partition coefficient (Wildman–Crippen LogP) is 3.51. The first kappa shape index (κ1) is 20.7. The maximum Gasteiger partial charge on any atom is 0.254 e. The number of methoxy groups -OCH3 is 2. The zero-order chi connectivity index (χ0) is 20.9. The Balaban J connectivity index is 1.55. The van der Waals surface area contributed by atoms with E-state index in [1.807, 2.05) is 41.3 Å².